The topological polar surface area (TPSA) is 48.3 Å². The Labute approximate surface area is 125 Å². The van der Waals surface area contributed by atoms with Gasteiger partial charge in [0.2, 0.25) is 0 Å². The molecule has 0 amide bonds. The molecule has 0 aromatic rings. The largest absolute Gasteiger partial charge is 0.383 e. The van der Waals surface area contributed by atoms with Gasteiger partial charge in [-0.25, -0.2) is 0 Å². The Bertz CT molecular complexity index is 275. The van der Waals surface area contributed by atoms with Gasteiger partial charge >= 0.3 is 0 Å². The van der Waals surface area contributed by atoms with E-state index in [-0.39, 0.29) is 5.54 Å². The Hall–Kier alpha value is -0.630. The van der Waals surface area contributed by atoms with Crippen LogP contribution in [0.4, 0.5) is 0 Å². The number of rotatable bonds is 12. The van der Waals surface area contributed by atoms with E-state index in [9.17, 15) is 5.26 Å². The lowest BCUT2D eigenvalue weighted by atomic mass is 9.92. The summed E-state index contributed by atoms with van der Waals surface area (Å²) in [5.41, 5.74) is -0.348. The molecule has 4 nitrogen and oxygen atoms in total. The molecule has 20 heavy (non-hydrogen) atoms. The van der Waals surface area contributed by atoms with E-state index < -0.39 is 0 Å². The second-order valence-corrected chi connectivity index (χ2v) is 5.87. The Kier molecular flexibility index (Phi) is 10.7. The van der Waals surface area contributed by atoms with Gasteiger partial charge in [-0.2, -0.15) is 5.26 Å². The van der Waals surface area contributed by atoms with Gasteiger partial charge in [0.05, 0.1) is 12.7 Å². The monoisotopic (exact) mass is 283 g/mol. The molecule has 0 radical (unpaired) electrons. The summed E-state index contributed by atoms with van der Waals surface area (Å²) in [6.45, 7) is 13.4. The van der Waals surface area contributed by atoms with Gasteiger partial charge in [0.1, 0.15) is 5.54 Å². The molecule has 1 unspecified atom stereocenters. The van der Waals surface area contributed by atoms with Crippen LogP contribution in [0.5, 0.6) is 0 Å². The Morgan fingerprint density at radius 2 is 2.00 bits per heavy atom. The molecule has 0 fully saturated rings. The van der Waals surface area contributed by atoms with Crippen LogP contribution in [0.2, 0.25) is 0 Å². The van der Waals surface area contributed by atoms with Crippen LogP contribution >= 0.6 is 0 Å². The summed E-state index contributed by atoms with van der Waals surface area (Å²) in [5, 5.41) is 12.8. The highest BCUT2D eigenvalue weighted by atomic mass is 16.5. The fraction of sp³-hybridized carbons (Fsp3) is 0.938. The smallest absolute Gasteiger partial charge is 0.106 e. The van der Waals surface area contributed by atoms with Crippen LogP contribution in [0.1, 0.15) is 47.0 Å². The quantitative estimate of drug-likeness (QED) is 0.598. The third kappa shape index (κ3) is 7.84. The molecule has 0 rings (SSSR count). The average Bonchev–Trinajstić information content (AvgIpc) is 2.43. The van der Waals surface area contributed by atoms with E-state index in [1.165, 1.54) is 0 Å². The summed E-state index contributed by atoms with van der Waals surface area (Å²) in [6, 6.07) is 2.47. The predicted molar refractivity (Wildman–Crippen MR) is 84.7 cm³/mol. The first kappa shape index (κ1) is 19.4. The Balaban J connectivity index is 4.28. The van der Waals surface area contributed by atoms with Gasteiger partial charge in [0.25, 0.3) is 0 Å². The number of hydrogen-bond donors (Lipinski definition) is 1. The van der Waals surface area contributed by atoms with Gasteiger partial charge in [0, 0.05) is 20.2 Å². The third-order valence-electron chi connectivity index (χ3n) is 3.65. The summed E-state index contributed by atoms with van der Waals surface area (Å²) in [5.74, 6) is 0.660. The first-order chi connectivity index (χ1) is 9.53. The lowest BCUT2D eigenvalue weighted by molar-refractivity contribution is 0.137. The molecule has 0 aliphatic heterocycles. The van der Waals surface area contributed by atoms with Crippen molar-refractivity contribution in [1.29, 1.82) is 5.26 Å². The van der Waals surface area contributed by atoms with Crippen molar-refractivity contribution in [1.82, 2.24) is 10.2 Å². The highest BCUT2D eigenvalue weighted by molar-refractivity contribution is 5.05. The predicted octanol–water partition coefficient (Wildman–Crippen LogP) is 2.65. The second-order valence-electron chi connectivity index (χ2n) is 5.87. The standard InChI is InChI=1S/C16H33N3O/c1-6-16(14-17,18-7-2)9-8-10-19(11-12-20-5)13-15(3)4/h15,18H,6-13H2,1-5H3. The van der Waals surface area contributed by atoms with Crippen molar-refractivity contribution >= 4 is 0 Å². The first-order valence-electron chi connectivity index (χ1n) is 7.91. The minimum Gasteiger partial charge on any atom is -0.383 e. The summed E-state index contributed by atoms with van der Waals surface area (Å²) >= 11 is 0. The summed E-state index contributed by atoms with van der Waals surface area (Å²) in [6.07, 6.45) is 2.82. The summed E-state index contributed by atoms with van der Waals surface area (Å²) < 4.78 is 5.18. The van der Waals surface area contributed by atoms with Crippen LogP contribution < -0.4 is 5.32 Å². The minimum absolute atomic E-state index is 0.348. The zero-order chi connectivity index (χ0) is 15.4. The molecule has 1 N–H and O–H groups in total. The van der Waals surface area contributed by atoms with E-state index in [0.29, 0.717) is 5.92 Å². The maximum absolute atomic E-state index is 9.41. The van der Waals surface area contributed by atoms with Crippen LogP contribution in [0, 0.1) is 17.2 Å². The fourth-order valence-corrected chi connectivity index (χ4v) is 2.54. The highest BCUT2D eigenvalue weighted by Gasteiger charge is 2.26. The van der Waals surface area contributed by atoms with E-state index in [1.807, 2.05) is 0 Å². The maximum Gasteiger partial charge on any atom is 0.106 e. The van der Waals surface area contributed by atoms with Crippen LogP contribution in [0.25, 0.3) is 0 Å². The van der Waals surface area contributed by atoms with E-state index in [4.69, 9.17) is 4.74 Å². The van der Waals surface area contributed by atoms with Crippen LogP contribution in [-0.2, 0) is 4.74 Å². The van der Waals surface area contributed by atoms with Crippen molar-refractivity contribution < 1.29 is 4.74 Å². The summed E-state index contributed by atoms with van der Waals surface area (Å²) in [7, 11) is 1.75. The number of ether oxygens (including phenoxy) is 1. The second kappa shape index (κ2) is 11.1. The van der Waals surface area contributed by atoms with E-state index in [0.717, 1.165) is 52.0 Å². The number of nitrogens with one attached hydrogen (secondary N) is 1. The molecule has 0 saturated heterocycles. The van der Waals surface area contributed by atoms with Gasteiger partial charge in [-0.15, -0.1) is 0 Å². The van der Waals surface area contributed by atoms with E-state index in [1.54, 1.807) is 7.11 Å². The highest BCUT2D eigenvalue weighted by Crippen LogP contribution is 2.17. The molecule has 0 heterocycles. The number of methoxy groups -OCH3 is 1. The number of nitriles is 1. The average molecular weight is 283 g/mol. The fourth-order valence-electron chi connectivity index (χ4n) is 2.54. The molecule has 0 aliphatic carbocycles. The van der Waals surface area contributed by atoms with Crippen molar-refractivity contribution in [3.05, 3.63) is 0 Å². The molecule has 0 aromatic heterocycles. The van der Waals surface area contributed by atoms with E-state index >= 15 is 0 Å². The van der Waals surface area contributed by atoms with Crippen molar-refractivity contribution in [3.63, 3.8) is 0 Å². The molecular formula is C16H33N3O. The minimum atomic E-state index is -0.348. The van der Waals surface area contributed by atoms with Crippen LogP contribution in [0.3, 0.4) is 0 Å². The lowest BCUT2D eigenvalue weighted by Gasteiger charge is -2.29. The number of nitrogens with zero attached hydrogens (tertiary/aromatic N) is 2. The molecule has 0 aromatic carbocycles. The molecule has 1 atom stereocenters. The SMILES string of the molecule is CCNC(C#N)(CC)CCCN(CCOC)CC(C)C. The van der Waals surface area contributed by atoms with Gasteiger partial charge in [-0.3, -0.25) is 5.32 Å². The summed E-state index contributed by atoms with van der Waals surface area (Å²) in [4.78, 5) is 2.44. The Morgan fingerprint density at radius 1 is 1.30 bits per heavy atom. The first-order valence-corrected chi connectivity index (χ1v) is 7.91. The van der Waals surface area contributed by atoms with Crippen molar-refractivity contribution in [3.8, 4) is 6.07 Å². The Morgan fingerprint density at radius 3 is 2.45 bits per heavy atom. The third-order valence-corrected chi connectivity index (χ3v) is 3.65. The zero-order valence-electron chi connectivity index (χ0n) is 14.0. The maximum atomic E-state index is 9.41. The number of hydrogen-bond acceptors (Lipinski definition) is 4. The molecule has 0 bridgehead atoms. The van der Waals surface area contributed by atoms with Gasteiger partial charge in [-0.1, -0.05) is 27.7 Å². The molecule has 0 saturated carbocycles. The van der Waals surface area contributed by atoms with Gasteiger partial charge in [-0.05, 0) is 38.3 Å². The van der Waals surface area contributed by atoms with E-state index in [2.05, 4.69) is 44.0 Å². The zero-order valence-corrected chi connectivity index (χ0v) is 14.0. The van der Waals surface area contributed by atoms with Gasteiger partial charge < -0.3 is 9.64 Å². The molecule has 4 heteroatoms. The van der Waals surface area contributed by atoms with Gasteiger partial charge in [0.15, 0.2) is 0 Å². The normalized spacial score (nSPS) is 14.5. The van der Waals surface area contributed by atoms with Crippen LogP contribution in [-0.4, -0.2) is 50.3 Å². The molecule has 118 valence electrons. The molecule has 0 spiro atoms. The molecular weight excluding hydrogens is 250 g/mol. The van der Waals surface area contributed by atoms with Crippen molar-refractivity contribution in [2.45, 2.75) is 52.5 Å². The van der Waals surface area contributed by atoms with Crippen LogP contribution in [0.15, 0.2) is 0 Å². The van der Waals surface area contributed by atoms with Crippen molar-refractivity contribution in [2.75, 3.05) is 39.9 Å². The molecule has 0 aliphatic rings. The lowest BCUT2D eigenvalue weighted by Crippen LogP contribution is -2.44. The van der Waals surface area contributed by atoms with Crippen molar-refractivity contribution in [2.24, 2.45) is 5.92 Å².